The van der Waals surface area contributed by atoms with E-state index in [0.29, 0.717) is 52.6 Å². The lowest BCUT2D eigenvalue weighted by molar-refractivity contribution is 0.0956. The number of hydrogen-bond donors (Lipinski definition) is 1. The van der Waals surface area contributed by atoms with Gasteiger partial charge in [-0.1, -0.05) is 28.9 Å². The number of nitrogens with zero attached hydrogens (tertiary/aromatic N) is 5. The summed E-state index contributed by atoms with van der Waals surface area (Å²) in [5, 5.41) is 11.5. The molecule has 1 aromatic carbocycles. The maximum absolute atomic E-state index is 14.8. The number of carbonyl (C=O) groups is 1. The number of hydrogen-bond acceptors (Lipinski definition) is 5. The number of aromatic nitrogens is 5. The molecule has 0 saturated carbocycles. The molecule has 1 aliphatic carbocycles. The van der Waals surface area contributed by atoms with Gasteiger partial charge in [0, 0.05) is 24.2 Å². The number of carbonyl (C=O) groups excluding carboxylic acids is 1. The molecule has 33 heavy (non-hydrogen) atoms. The van der Waals surface area contributed by atoms with E-state index in [1.807, 2.05) is 31.2 Å². The van der Waals surface area contributed by atoms with Crippen molar-refractivity contribution in [2.75, 3.05) is 6.54 Å². The molecule has 5 rings (SSSR count). The Morgan fingerprint density at radius 1 is 1.27 bits per heavy atom. The number of fused-ring (bicyclic) bond motifs is 2. The number of halogens is 2. The number of benzene rings is 1. The molecule has 0 saturated heterocycles. The Balaban J connectivity index is 1.44. The van der Waals surface area contributed by atoms with Gasteiger partial charge < -0.3 is 5.32 Å². The third-order valence-electron chi connectivity index (χ3n) is 5.66. The zero-order chi connectivity index (χ0) is 22.9. The van der Waals surface area contributed by atoms with E-state index in [1.165, 1.54) is 6.08 Å². The van der Waals surface area contributed by atoms with Gasteiger partial charge in [-0.05, 0) is 55.3 Å². The maximum atomic E-state index is 14.8. The Kier molecular flexibility index (Phi) is 5.60. The molecule has 3 aromatic heterocycles. The van der Waals surface area contributed by atoms with Crippen LogP contribution >= 0.6 is 11.6 Å². The highest BCUT2D eigenvalue weighted by molar-refractivity contribution is 6.34. The first kappa shape index (κ1) is 21.2. The Hall–Kier alpha value is -3.65. The Morgan fingerprint density at radius 2 is 2.15 bits per heavy atom. The maximum Gasteiger partial charge on any atom is 0.252 e. The highest BCUT2D eigenvalue weighted by Gasteiger charge is 2.24. The average molecular weight is 463 g/mol. The van der Waals surface area contributed by atoms with Crippen molar-refractivity contribution < 1.29 is 9.18 Å². The van der Waals surface area contributed by atoms with Gasteiger partial charge >= 0.3 is 0 Å². The van der Waals surface area contributed by atoms with E-state index in [0.717, 1.165) is 11.1 Å². The molecule has 1 atom stereocenters. The lowest BCUT2D eigenvalue weighted by Gasteiger charge is -2.20. The zero-order valence-corrected chi connectivity index (χ0v) is 18.6. The predicted octanol–water partition coefficient (Wildman–Crippen LogP) is 4.47. The molecule has 0 spiro atoms. The summed E-state index contributed by atoms with van der Waals surface area (Å²) < 4.78 is 16.4. The molecule has 1 aliphatic rings. The first-order valence-electron chi connectivity index (χ1n) is 10.6. The van der Waals surface area contributed by atoms with E-state index in [-0.39, 0.29) is 17.7 Å². The number of amides is 1. The summed E-state index contributed by atoms with van der Waals surface area (Å²) in [4.78, 5) is 21.1. The van der Waals surface area contributed by atoms with Gasteiger partial charge in [-0.25, -0.2) is 14.1 Å². The van der Waals surface area contributed by atoms with Gasteiger partial charge in [-0.3, -0.25) is 9.78 Å². The van der Waals surface area contributed by atoms with E-state index in [1.54, 1.807) is 29.1 Å². The van der Waals surface area contributed by atoms with Crippen molar-refractivity contribution >= 4 is 34.7 Å². The van der Waals surface area contributed by atoms with Crippen LogP contribution in [0.25, 0.3) is 28.5 Å². The molecule has 4 aromatic rings. The van der Waals surface area contributed by atoms with Crippen LogP contribution in [0, 0.1) is 5.92 Å². The molecule has 0 radical (unpaired) electrons. The largest absolute Gasteiger partial charge is 0.352 e. The van der Waals surface area contributed by atoms with Gasteiger partial charge in [0.05, 0.1) is 28.5 Å². The minimum Gasteiger partial charge on any atom is -0.352 e. The molecular formula is C24H20ClFN6O. The molecule has 9 heteroatoms. The number of pyridine rings is 2. The van der Waals surface area contributed by atoms with E-state index in [4.69, 9.17) is 16.6 Å². The highest BCUT2D eigenvalue weighted by Crippen LogP contribution is 2.30. The molecule has 0 aliphatic heterocycles. The zero-order valence-electron chi connectivity index (χ0n) is 17.8. The van der Waals surface area contributed by atoms with Crippen LogP contribution in [0.3, 0.4) is 0 Å². The number of nitrogens with one attached hydrogen (secondary N) is 1. The standard InChI is InChI=1S/C24H20ClFN6O/c1-2-27-24(33)17-6-5-15(11-18(17)25)20-7-8-21-23(29-20)32(31-30-21)13-16-10-14-4-3-9-28-22(14)12-19(16)26/h3-9,11-12,16H,2,10,13H2,1H3,(H,27,33). The van der Waals surface area contributed by atoms with Gasteiger partial charge in [-0.15, -0.1) is 5.10 Å². The lowest BCUT2D eigenvalue weighted by atomic mass is 9.91. The number of allylic oxidation sites excluding steroid dienone is 1. The molecule has 0 bridgehead atoms. The molecule has 7 nitrogen and oxygen atoms in total. The summed E-state index contributed by atoms with van der Waals surface area (Å²) in [5.41, 5.74) is 4.67. The molecule has 3 heterocycles. The first-order valence-corrected chi connectivity index (χ1v) is 11.0. The van der Waals surface area contributed by atoms with Crippen LogP contribution in [-0.4, -0.2) is 37.4 Å². The second kappa shape index (κ2) is 8.71. The average Bonchev–Trinajstić information content (AvgIpc) is 3.21. The van der Waals surface area contributed by atoms with Crippen LogP contribution in [0.5, 0.6) is 0 Å². The summed E-state index contributed by atoms with van der Waals surface area (Å²) in [7, 11) is 0. The smallest absolute Gasteiger partial charge is 0.252 e. The van der Waals surface area contributed by atoms with E-state index >= 15 is 0 Å². The fourth-order valence-electron chi connectivity index (χ4n) is 3.98. The Labute approximate surface area is 194 Å². The van der Waals surface area contributed by atoms with Gasteiger partial charge in [0.1, 0.15) is 11.3 Å². The molecule has 1 amide bonds. The van der Waals surface area contributed by atoms with Crippen molar-refractivity contribution in [2.45, 2.75) is 19.9 Å². The van der Waals surface area contributed by atoms with Crippen LogP contribution in [0.2, 0.25) is 5.02 Å². The topological polar surface area (TPSA) is 85.6 Å². The second-order valence-corrected chi connectivity index (χ2v) is 8.25. The van der Waals surface area contributed by atoms with Gasteiger partial charge in [0.25, 0.3) is 5.91 Å². The van der Waals surface area contributed by atoms with Crippen LogP contribution in [0.4, 0.5) is 4.39 Å². The van der Waals surface area contributed by atoms with Crippen LogP contribution in [0.1, 0.15) is 28.5 Å². The minimum absolute atomic E-state index is 0.223. The molecule has 0 fully saturated rings. The van der Waals surface area contributed by atoms with Crippen molar-refractivity contribution in [3.8, 4) is 11.3 Å². The van der Waals surface area contributed by atoms with Crippen molar-refractivity contribution in [1.29, 1.82) is 0 Å². The summed E-state index contributed by atoms with van der Waals surface area (Å²) in [5.74, 6) is -0.823. The summed E-state index contributed by atoms with van der Waals surface area (Å²) in [6.07, 6.45) is 3.68. The van der Waals surface area contributed by atoms with Crippen LogP contribution in [-0.2, 0) is 13.0 Å². The quantitative estimate of drug-likeness (QED) is 0.473. The van der Waals surface area contributed by atoms with Crippen molar-refractivity contribution in [3.63, 3.8) is 0 Å². The summed E-state index contributed by atoms with van der Waals surface area (Å²) in [6, 6.07) is 12.6. The lowest BCUT2D eigenvalue weighted by Crippen LogP contribution is -2.22. The Bertz CT molecular complexity index is 1400. The Morgan fingerprint density at radius 3 is 2.97 bits per heavy atom. The van der Waals surface area contributed by atoms with Crippen LogP contribution < -0.4 is 5.32 Å². The summed E-state index contributed by atoms with van der Waals surface area (Å²) in [6.45, 7) is 2.67. The normalized spacial score (nSPS) is 15.2. The first-order chi connectivity index (χ1) is 16.0. The van der Waals surface area contributed by atoms with Crippen LogP contribution in [0.15, 0.2) is 54.5 Å². The van der Waals surface area contributed by atoms with Gasteiger partial charge in [-0.2, -0.15) is 0 Å². The van der Waals surface area contributed by atoms with Crippen molar-refractivity contribution in [2.24, 2.45) is 5.92 Å². The minimum atomic E-state index is -0.372. The number of rotatable bonds is 5. The summed E-state index contributed by atoms with van der Waals surface area (Å²) >= 11 is 6.35. The molecule has 1 N–H and O–H groups in total. The fraction of sp³-hybridized carbons (Fsp3) is 0.208. The highest BCUT2D eigenvalue weighted by atomic mass is 35.5. The predicted molar refractivity (Wildman–Crippen MR) is 124 cm³/mol. The third kappa shape index (κ3) is 4.09. The molecular weight excluding hydrogens is 443 g/mol. The van der Waals surface area contributed by atoms with E-state index < -0.39 is 0 Å². The SMILES string of the molecule is CCNC(=O)c1ccc(-c2ccc3nnn(CC4Cc5cccnc5C=C4F)c3n2)cc1Cl. The second-order valence-electron chi connectivity index (χ2n) is 7.84. The fourth-order valence-corrected chi connectivity index (χ4v) is 4.24. The van der Waals surface area contributed by atoms with Crippen molar-refractivity contribution in [3.05, 3.63) is 76.3 Å². The molecule has 166 valence electrons. The van der Waals surface area contributed by atoms with E-state index in [2.05, 4.69) is 20.6 Å². The van der Waals surface area contributed by atoms with Crippen molar-refractivity contribution in [1.82, 2.24) is 30.3 Å². The molecule has 1 unspecified atom stereocenters. The van der Waals surface area contributed by atoms with E-state index in [9.17, 15) is 9.18 Å². The third-order valence-corrected chi connectivity index (χ3v) is 5.97. The monoisotopic (exact) mass is 462 g/mol. The van der Waals surface area contributed by atoms with Gasteiger partial charge in [0.15, 0.2) is 5.65 Å². The van der Waals surface area contributed by atoms with Gasteiger partial charge in [0.2, 0.25) is 0 Å².